The lowest BCUT2D eigenvalue weighted by molar-refractivity contribution is 0.1000. The maximum absolute atomic E-state index is 11.6. The number of amides is 1. The molecule has 2 aromatic heterocycles. The number of hydrogen-bond acceptors (Lipinski definition) is 5. The van der Waals surface area contributed by atoms with Crippen molar-refractivity contribution in [2.75, 3.05) is 5.73 Å². The topological polar surface area (TPSA) is 91.2 Å². The number of carbonyl (C=O) groups is 1. The zero-order chi connectivity index (χ0) is 17.1. The summed E-state index contributed by atoms with van der Waals surface area (Å²) in [5, 5.41) is 1.26. The molecule has 0 aliphatic heterocycles. The molecule has 0 radical (unpaired) electrons. The van der Waals surface area contributed by atoms with E-state index in [-0.39, 0.29) is 11.4 Å². The van der Waals surface area contributed by atoms with E-state index in [1.165, 1.54) is 11.3 Å². The first-order chi connectivity index (χ1) is 11.5. The second-order valence-electron chi connectivity index (χ2n) is 5.02. The van der Waals surface area contributed by atoms with Gasteiger partial charge in [0.05, 0.1) is 10.6 Å². The average molecular weight is 360 g/mol. The van der Waals surface area contributed by atoms with Gasteiger partial charge in [-0.15, -0.1) is 11.3 Å². The molecule has 3 rings (SSSR count). The van der Waals surface area contributed by atoms with E-state index < -0.39 is 5.91 Å². The van der Waals surface area contributed by atoms with Crippen LogP contribution in [0.1, 0.15) is 20.8 Å². The van der Waals surface area contributed by atoms with Crippen LogP contribution in [0.5, 0.6) is 10.8 Å². The van der Waals surface area contributed by atoms with Gasteiger partial charge in [-0.25, -0.2) is 4.98 Å². The fourth-order valence-electron chi connectivity index (χ4n) is 2.28. The Morgan fingerprint density at radius 1 is 1.21 bits per heavy atom. The van der Waals surface area contributed by atoms with Gasteiger partial charge in [0.1, 0.15) is 11.6 Å². The second kappa shape index (κ2) is 6.90. The number of pyridine rings is 1. The van der Waals surface area contributed by atoms with Gasteiger partial charge in [0.2, 0.25) is 0 Å². The summed E-state index contributed by atoms with van der Waals surface area (Å²) in [6.45, 7) is 0. The Kier molecular flexibility index (Phi) is 4.69. The minimum Gasteiger partial charge on any atom is -0.445 e. The summed E-state index contributed by atoms with van der Waals surface area (Å²) < 4.78 is 5.79. The molecule has 0 saturated carbocycles. The maximum atomic E-state index is 11.6. The third-order valence-electron chi connectivity index (χ3n) is 3.36. The number of benzene rings is 1. The highest BCUT2D eigenvalue weighted by atomic mass is 35.5. The number of halogens is 1. The Bertz CT molecular complexity index is 895. The number of nitrogen functional groups attached to an aromatic ring is 1. The molecule has 0 unspecified atom stereocenters. The van der Waals surface area contributed by atoms with Gasteiger partial charge in [-0.05, 0) is 35.9 Å². The molecule has 1 aromatic carbocycles. The summed E-state index contributed by atoms with van der Waals surface area (Å²) in [4.78, 5) is 16.5. The van der Waals surface area contributed by atoms with Crippen LogP contribution in [0, 0.1) is 0 Å². The molecule has 122 valence electrons. The zero-order valence-corrected chi connectivity index (χ0v) is 14.1. The van der Waals surface area contributed by atoms with Crippen LogP contribution in [0.4, 0.5) is 5.82 Å². The minimum absolute atomic E-state index is 0.143. The van der Waals surface area contributed by atoms with Crippen LogP contribution in [0.15, 0.2) is 48.7 Å². The summed E-state index contributed by atoms with van der Waals surface area (Å²) in [5.74, 6) is 0.155. The molecule has 2 heterocycles. The molecule has 4 N–H and O–H groups in total. The van der Waals surface area contributed by atoms with Crippen LogP contribution in [0.2, 0.25) is 5.02 Å². The number of para-hydroxylation sites is 1. The van der Waals surface area contributed by atoms with E-state index in [0.717, 1.165) is 10.4 Å². The van der Waals surface area contributed by atoms with Crippen molar-refractivity contribution < 1.29 is 9.53 Å². The average Bonchev–Trinajstić information content (AvgIpc) is 2.96. The monoisotopic (exact) mass is 359 g/mol. The van der Waals surface area contributed by atoms with Gasteiger partial charge in [-0.1, -0.05) is 23.7 Å². The van der Waals surface area contributed by atoms with Crippen LogP contribution in [-0.2, 0) is 6.42 Å². The third kappa shape index (κ3) is 3.50. The fourth-order valence-corrected chi connectivity index (χ4v) is 3.35. The molecule has 0 aliphatic carbocycles. The number of aromatic nitrogens is 1. The van der Waals surface area contributed by atoms with Gasteiger partial charge >= 0.3 is 0 Å². The number of rotatable bonds is 5. The molecule has 7 heteroatoms. The Hall–Kier alpha value is -2.57. The maximum Gasteiger partial charge on any atom is 0.252 e. The van der Waals surface area contributed by atoms with E-state index in [4.69, 9.17) is 27.8 Å². The summed E-state index contributed by atoms with van der Waals surface area (Å²) in [6, 6.07) is 12.8. The van der Waals surface area contributed by atoms with Crippen molar-refractivity contribution in [2.45, 2.75) is 6.42 Å². The Morgan fingerprint density at radius 3 is 2.75 bits per heavy atom. The van der Waals surface area contributed by atoms with Gasteiger partial charge in [0, 0.05) is 17.5 Å². The van der Waals surface area contributed by atoms with E-state index >= 15 is 0 Å². The first-order valence-electron chi connectivity index (χ1n) is 7.09. The van der Waals surface area contributed by atoms with Gasteiger partial charge in [0.15, 0.2) is 5.06 Å². The van der Waals surface area contributed by atoms with Crippen molar-refractivity contribution in [3.63, 3.8) is 0 Å². The lowest BCUT2D eigenvalue weighted by Crippen LogP contribution is -2.17. The predicted octanol–water partition coefficient (Wildman–Crippen LogP) is 3.86. The summed E-state index contributed by atoms with van der Waals surface area (Å²) >= 11 is 7.55. The van der Waals surface area contributed by atoms with Gasteiger partial charge in [-0.2, -0.15) is 0 Å². The summed E-state index contributed by atoms with van der Waals surface area (Å²) in [5.41, 5.74) is 12.2. The second-order valence-corrected chi connectivity index (χ2v) is 6.56. The van der Waals surface area contributed by atoms with E-state index in [9.17, 15) is 4.79 Å². The molecule has 0 aliphatic rings. The quantitative estimate of drug-likeness (QED) is 0.723. The Morgan fingerprint density at radius 2 is 2.00 bits per heavy atom. The van der Waals surface area contributed by atoms with Crippen molar-refractivity contribution >= 4 is 34.7 Å². The predicted molar refractivity (Wildman–Crippen MR) is 95.8 cm³/mol. The van der Waals surface area contributed by atoms with Gasteiger partial charge in [-0.3, -0.25) is 4.79 Å². The van der Waals surface area contributed by atoms with E-state index in [2.05, 4.69) is 4.98 Å². The first kappa shape index (κ1) is 16.3. The number of thiophene rings is 1. The van der Waals surface area contributed by atoms with Crippen molar-refractivity contribution in [3.05, 3.63) is 69.7 Å². The number of hydrogen-bond donors (Lipinski definition) is 2. The highest BCUT2D eigenvalue weighted by Gasteiger charge is 2.14. The van der Waals surface area contributed by atoms with Crippen molar-refractivity contribution in [1.29, 1.82) is 0 Å². The molecule has 3 aromatic rings. The Labute approximate surface area is 147 Å². The van der Waals surface area contributed by atoms with Crippen molar-refractivity contribution in [3.8, 4) is 10.8 Å². The lowest BCUT2D eigenvalue weighted by atomic mass is 10.0. The van der Waals surface area contributed by atoms with Crippen molar-refractivity contribution in [1.82, 2.24) is 4.98 Å². The molecule has 0 atom stereocenters. The summed E-state index contributed by atoms with van der Waals surface area (Å²) in [6.07, 6.45) is 2.08. The smallest absolute Gasteiger partial charge is 0.252 e. The molecule has 0 spiro atoms. The highest BCUT2D eigenvalue weighted by molar-refractivity contribution is 7.13. The molecule has 24 heavy (non-hydrogen) atoms. The van der Waals surface area contributed by atoms with Crippen LogP contribution < -0.4 is 16.2 Å². The molecule has 0 bridgehead atoms. The van der Waals surface area contributed by atoms with Gasteiger partial charge in [0.25, 0.3) is 5.91 Å². The first-order valence-corrected chi connectivity index (χ1v) is 8.28. The molecule has 5 nitrogen and oxygen atoms in total. The number of nitrogens with zero attached hydrogens (tertiary/aromatic N) is 1. The normalized spacial score (nSPS) is 10.5. The number of nitrogens with two attached hydrogens (primary N) is 2. The SMILES string of the molecule is NC(=O)c1c(Cc2ccc(Oc3ccccc3Cl)s2)ccnc1N. The number of carbonyl (C=O) groups excluding carboxylic acids is 1. The standard InChI is InChI=1S/C17H14ClN3O2S/c18-12-3-1-2-4-13(12)23-14-6-5-11(24-14)9-10-7-8-21-16(19)15(10)17(20)22/h1-8H,9H2,(H2,19,21)(H2,20,22). The number of ether oxygens (including phenoxy) is 1. The number of anilines is 1. The van der Waals surface area contributed by atoms with Crippen LogP contribution in [-0.4, -0.2) is 10.9 Å². The van der Waals surface area contributed by atoms with Crippen molar-refractivity contribution in [2.24, 2.45) is 5.73 Å². The van der Waals surface area contributed by atoms with Crippen LogP contribution in [0.25, 0.3) is 0 Å². The summed E-state index contributed by atoms with van der Waals surface area (Å²) in [7, 11) is 0. The molecular weight excluding hydrogens is 346 g/mol. The van der Waals surface area contributed by atoms with E-state index in [1.807, 2.05) is 24.3 Å². The third-order valence-corrected chi connectivity index (χ3v) is 4.64. The fraction of sp³-hybridized carbons (Fsp3) is 0.0588. The van der Waals surface area contributed by atoms with Gasteiger partial charge < -0.3 is 16.2 Å². The Balaban J connectivity index is 1.81. The lowest BCUT2D eigenvalue weighted by Gasteiger charge is -2.07. The molecule has 0 saturated heterocycles. The van der Waals surface area contributed by atoms with Crippen LogP contribution in [0.3, 0.4) is 0 Å². The minimum atomic E-state index is -0.584. The van der Waals surface area contributed by atoms with E-state index in [0.29, 0.717) is 22.3 Å². The molecule has 0 fully saturated rings. The highest BCUT2D eigenvalue weighted by Crippen LogP contribution is 2.34. The largest absolute Gasteiger partial charge is 0.445 e. The number of primary amides is 1. The molecule has 1 amide bonds. The van der Waals surface area contributed by atoms with E-state index in [1.54, 1.807) is 24.4 Å². The zero-order valence-electron chi connectivity index (χ0n) is 12.5. The molecular formula is C17H14ClN3O2S. The van der Waals surface area contributed by atoms with Crippen LogP contribution >= 0.6 is 22.9 Å².